The molecule has 0 aliphatic heterocycles. The van der Waals surface area contributed by atoms with Gasteiger partial charge in [-0.15, -0.1) is 0 Å². The number of nitro groups is 1. The van der Waals surface area contributed by atoms with E-state index in [9.17, 15) is 10.1 Å². The highest BCUT2D eigenvalue weighted by Gasteiger charge is 2.14. The summed E-state index contributed by atoms with van der Waals surface area (Å²) in [5, 5.41) is 10.3. The van der Waals surface area contributed by atoms with E-state index < -0.39 is 4.92 Å². The van der Waals surface area contributed by atoms with Crippen LogP contribution in [-0.4, -0.2) is 14.5 Å². The Bertz CT molecular complexity index is 327. The molecule has 0 N–H and O–H groups in total. The Morgan fingerprint density at radius 1 is 1.75 bits per heavy atom. The van der Waals surface area contributed by atoms with Gasteiger partial charge >= 0.3 is 5.95 Å². The third-order valence-corrected chi connectivity index (χ3v) is 1.50. The summed E-state index contributed by atoms with van der Waals surface area (Å²) in [6.07, 6.45) is 5.04. The molecule has 12 heavy (non-hydrogen) atoms. The maximum Gasteiger partial charge on any atom is 0.434 e. The molecule has 0 aliphatic rings. The molecule has 0 aromatic carbocycles. The van der Waals surface area contributed by atoms with Crippen molar-refractivity contribution in [1.82, 2.24) is 9.55 Å². The first-order valence-electron chi connectivity index (χ1n) is 3.45. The number of hydrogen-bond acceptors (Lipinski definition) is 3. The fourth-order valence-electron chi connectivity index (χ4n) is 0.908. The summed E-state index contributed by atoms with van der Waals surface area (Å²) in [6.45, 7) is 1.85. The zero-order chi connectivity index (χ0) is 9.14. The van der Waals surface area contributed by atoms with Gasteiger partial charge in [-0.05, 0) is 17.9 Å². The van der Waals surface area contributed by atoms with Crippen molar-refractivity contribution in [3.63, 3.8) is 0 Å². The van der Waals surface area contributed by atoms with Gasteiger partial charge in [-0.1, -0.05) is 11.1 Å². The predicted octanol–water partition coefficient (Wildman–Crippen LogP) is 1.36. The second kappa shape index (κ2) is 3.17. The summed E-state index contributed by atoms with van der Waals surface area (Å²) in [5.41, 5.74) is 0.726. The van der Waals surface area contributed by atoms with Crippen molar-refractivity contribution < 1.29 is 4.92 Å². The van der Waals surface area contributed by atoms with Crippen molar-refractivity contribution in [2.75, 3.05) is 0 Å². The van der Waals surface area contributed by atoms with Gasteiger partial charge in [0.1, 0.15) is 11.9 Å². The van der Waals surface area contributed by atoms with Gasteiger partial charge in [-0.3, -0.25) is 0 Å². The maximum atomic E-state index is 10.3. The first-order valence-corrected chi connectivity index (χ1v) is 3.45. The van der Waals surface area contributed by atoms with Crippen LogP contribution in [0.3, 0.4) is 0 Å². The zero-order valence-electron chi connectivity index (χ0n) is 6.89. The molecule has 0 aliphatic carbocycles. The minimum Gasteiger partial charge on any atom is -0.390 e. The van der Waals surface area contributed by atoms with Crippen molar-refractivity contribution in [1.29, 1.82) is 0 Å². The lowest BCUT2D eigenvalue weighted by Crippen LogP contribution is -1.99. The molecule has 0 radical (unpaired) electrons. The van der Waals surface area contributed by atoms with E-state index in [1.54, 1.807) is 19.2 Å². The molecule has 5 nitrogen and oxygen atoms in total. The third-order valence-electron chi connectivity index (χ3n) is 1.50. The summed E-state index contributed by atoms with van der Waals surface area (Å²) in [7, 11) is 1.61. The van der Waals surface area contributed by atoms with E-state index in [1.807, 2.05) is 6.92 Å². The highest BCUT2D eigenvalue weighted by atomic mass is 16.6. The standard InChI is InChI=1S/C7H9N3O2/c1-3-4-6-5-8-7(9(6)2)10(11)12/h3-5H,1-2H3/b4-3+. The lowest BCUT2D eigenvalue weighted by molar-refractivity contribution is -0.396. The summed E-state index contributed by atoms with van der Waals surface area (Å²) >= 11 is 0. The monoisotopic (exact) mass is 167 g/mol. The Morgan fingerprint density at radius 2 is 2.42 bits per heavy atom. The van der Waals surface area contributed by atoms with E-state index in [2.05, 4.69) is 4.98 Å². The summed E-state index contributed by atoms with van der Waals surface area (Å²) < 4.78 is 1.43. The molecule has 0 spiro atoms. The molecule has 0 saturated heterocycles. The van der Waals surface area contributed by atoms with Crippen molar-refractivity contribution in [2.24, 2.45) is 7.05 Å². The van der Waals surface area contributed by atoms with Crippen LogP contribution in [0.1, 0.15) is 12.6 Å². The van der Waals surface area contributed by atoms with Gasteiger partial charge < -0.3 is 10.1 Å². The maximum absolute atomic E-state index is 10.3. The first-order chi connectivity index (χ1) is 5.66. The van der Waals surface area contributed by atoms with Gasteiger partial charge in [0.2, 0.25) is 0 Å². The van der Waals surface area contributed by atoms with E-state index in [0.717, 1.165) is 5.69 Å². The molecule has 0 fully saturated rings. The first kappa shape index (κ1) is 8.45. The Morgan fingerprint density at radius 3 is 2.83 bits per heavy atom. The fraction of sp³-hybridized carbons (Fsp3) is 0.286. The molecule has 0 bridgehead atoms. The van der Waals surface area contributed by atoms with E-state index in [0.29, 0.717) is 0 Å². The number of rotatable bonds is 2. The molecule has 64 valence electrons. The highest BCUT2D eigenvalue weighted by Crippen LogP contribution is 2.11. The fourth-order valence-corrected chi connectivity index (χ4v) is 0.908. The van der Waals surface area contributed by atoms with Crippen LogP contribution in [0.4, 0.5) is 5.95 Å². The SMILES string of the molecule is C/C=C/c1cnc([N+](=O)[O-])n1C. The van der Waals surface area contributed by atoms with E-state index >= 15 is 0 Å². The molecule has 5 heteroatoms. The summed E-state index contributed by atoms with van der Waals surface area (Å²) in [4.78, 5) is 13.5. The van der Waals surface area contributed by atoms with Crippen LogP contribution < -0.4 is 0 Å². The van der Waals surface area contributed by atoms with E-state index in [1.165, 1.54) is 10.8 Å². The number of imidazole rings is 1. The Kier molecular flexibility index (Phi) is 2.23. The van der Waals surface area contributed by atoms with Crippen LogP contribution in [0.2, 0.25) is 0 Å². The lowest BCUT2D eigenvalue weighted by atomic mass is 10.4. The number of aromatic nitrogens is 2. The van der Waals surface area contributed by atoms with Gasteiger partial charge in [-0.2, -0.15) is 0 Å². The van der Waals surface area contributed by atoms with Crippen LogP contribution >= 0.6 is 0 Å². The minimum absolute atomic E-state index is 0.136. The topological polar surface area (TPSA) is 61.0 Å². The quantitative estimate of drug-likeness (QED) is 0.493. The Balaban J connectivity index is 3.12. The van der Waals surface area contributed by atoms with Crippen LogP contribution in [0.5, 0.6) is 0 Å². The molecule has 1 rings (SSSR count). The average molecular weight is 167 g/mol. The zero-order valence-corrected chi connectivity index (χ0v) is 6.89. The van der Waals surface area contributed by atoms with Crippen molar-refractivity contribution in [2.45, 2.75) is 6.92 Å². The summed E-state index contributed by atoms with van der Waals surface area (Å²) in [5.74, 6) is -0.136. The van der Waals surface area contributed by atoms with Crippen LogP contribution in [-0.2, 0) is 7.05 Å². The molecule has 0 unspecified atom stereocenters. The summed E-state index contributed by atoms with van der Waals surface area (Å²) in [6, 6.07) is 0. The number of allylic oxidation sites excluding steroid dienone is 1. The third kappa shape index (κ3) is 1.34. The Labute approximate surface area is 69.5 Å². The molecule has 1 aromatic heterocycles. The van der Waals surface area contributed by atoms with Crippen molar-refractivity contribution in [3.05, 3.63) is 28.1 Å². The van der Waals surface area contributed by atoms with Crippen molar-refractivity contribution in [3.8, 4) is 0 Å². The second-order valence-corrected chi connectivity index (χ2v) is 2.30. The number of hydrogen-bond donors (Lipinski definition) is 0. The van der Waals surface area contributed by atoms with Gasteiger partial charge in [0.05, 0.1) is 7.05 Å². The van der Waals surface area contributed by atoms with Gasteiger partial charge in [0.15, 0.2) is 0 Å². The average Bonchev–Trinajstić information content (AvgIpc) is 2.34. The predicted molar refractivity (Wildman–Crippen MR) is 44.6 cm³/mol. The second-order valence-electron chi connectivity index (χ2n) is 2.30. The molecule has 1 heterocycles. The molecule has 0 saturated carbocycles. The number of nitrogens with zero attached hydrogens (tertiary/aromatic N) is 3. The van der Waals surface area contributed by atoms with Gasteiger partial charge in [-0.25, -0.2) is 4.57 Å². The van der Waals surface area contributed by atoms with Gasteiger partial charge in [0, 0.05) is 0 Å². The highest BCUT2D eigenvalue weighted by molar-refractivity contribution is 5.45. The van der Waals surface area contributed by atoms with E-state index in [4.69, 9.17) is 0 Å². The molecule has 1 aromatic rings. The molecule has 0 atom stereocenters. The molecule has 0 amide bonds. The molecular weight excluding hydrogens is 158 g/mol. The lowest BCUT2D eigenvalue weighted by Gasteiger charge is -1.94. The Hall–Kier alpha value is -1.65. The van der Waals surface area contributed by atoms with Crippen molar-refractivity contribution >= 4 is 12.0 Å². The van der Waals surface area contributed by atoms with Gasteiger partial charge in [0.25, 0.3) is 0 Å². The van der Waals surface area contributed by atoms with Crippen LogP contribution in [0.25, 0.3) is 6.08 Å². The smallest absolute Gasteiger partial charge is 0.390 e. The largest absolute Gasteiger partial charge is 0.434 e. The van der Waals surface area contributed by atoms with E-state index in [-0.39, 0.29) is 5.95 Å². The van der Waals surface area contributed by atoms with Crippen LogP contribution in [0.15, 0.2) is 12.3 Å². The van der Waals surface area contributed by atoms with Crippen LogP contribution in [0, 0.1) is 10.1 Å². The molecular formula is C7H9N3O2. The minimum atomic E-state index is -0.507. The normalized spacial score (nSPS) is 10.8.